The largest absolute Gasteiger partial charge is 0.0911 e. The van der Waals surface area contributed by atoms with Gasteiger partial charge in [-0.1, -0.05) is 102 Å². The fraction of sp³-hybridized carbons (Fsp3) is 0.267. The van der Waals surface area contributed by atoms with Gasteiger partial charge in [0.25, 0.3) is 0 Å². The third-order valence-electron chi connectivity index (χ3n) is 6.81. The second-order valence-electron chi connectivity index (χ2n) is 10.5. The van der Waals surface area contributed by atoms with Gasteiger partial charge in [-0.3, -0.25) is 0 Å². The molecule has 0 fully saturated rings. The Labute approximate surface area is 179 Å². The maximum Gasteiger partial charge on any atom is -0.00204 e. The lowest BCUT2D eigenvalue weighted by molar-refractivity contribution is 0.534. The fourth-order valence-electron chi connectivity index (χ4n) is 5.01. The predicted octanol–water partition coefficient (Wildman–Crippen LogP) is 8.69. The van der Waals surface area contributed by atoms with Gasteiger partial charge >= 0.3 is 0 Å². The van der Waals surface area contributed by atoms with Crippen molar-refractivity contribution < 1.29 is 0 Å². The number of hydrogen-bond donors (Lipinski definition) is 0. The normalized spacial score (nSPS) is 18.9. The van der Waals surface area contributed by atoms with Crippen LogP contribution in [0, 0.1) is 0 Å². The molecule has 0 aliphatic heterocycles. The minimum Gasteiger partial charge on any atom is -0.0911 e. The molecule has 0 radical (unpaired) electrons. The Morgan fingerprint density at radius 1 is 0.833 bits per heavy atom. The second kappa shape index (κ2) is 6.32. The number of fused-ring (bicyclic) bond motifs is 2. The van der Waals surface area contributed by atoms with Gasteiger partial charge in [0.2, 0.25) is 0 Å². The number of hydrogen-bond acceptors (Lipinski definition) is 0. The van der Waals surface area contributed by atoms with Crippen LogP contribution in [0.1, 0.15) is 57.7 Å². The van der Waals surface area contributed by atoms with Gasteiger partial charge in [-0.05, 0) is 77.9 Å². The Hall–Kier alpha value is -2.86. The van der Waals surface area contributed by atoms with Crippen LogP contribution in [0.15, 0.2) is 73.3 Å². The fourth-order valence-corrected chi connectivity index (χ4v) is 5.01. The summed E-state index contributed by atoms with van der Waals surface area (Å²) in [5.74, 6) is 0. The molecule has 0 spiro atoms. The Morgan fingerprint density at radius 2 is 1.47 bits per heavy atom. The van der Waals surface area contributed by atoms with E-state index < -0.39 is 0 Å². The van der Waals surface area contributed by atoms with Crippen molar-refractivity contribution in [2.24, 2.45) is 0 Å². The minimum absolute atomic E-state index is 0.0463. The standard InChI is InChI=1S/C30H30/c1-19-10-8-7-9-15-30(5,6)25-18-22-12-11-20-16-23(29(2,3)4)17-21-13-14-24(26(19)25)28(22)27(20)21/h7-14,16-18H,1,15H2,2-6H3/b9-7-,10-8-. The zero-order chi connectivity index (χ0) is 21.3. The van der Waals surface area contributed by atoms with E-state index in [1.54, 1.807) is 0 Å². The van der Waals surface area contributed by atoms with Crippen LogP contribution in [0.5, 0.6) is 0 Å². The molecule has 30 heavy (non-hydrogen) atoms. The van der Waals surface area contributed by atoms with Gasteiger partial charge in [0.15, 0.2) is 0 Å². The zero-order valence-electron chi connectivity index (χ0n) is 18.8. The zero-order valence-corrected chi connectivity index (χ0v) is 18.8. The molecule has 150 valence electrons. The summed E-state index contributed by atoms with van der Waals surface area (Å²) in [6.45, 7) is 16.0. The van der Waals surface area contributed by atoms with Crippen LogP contribution in [0.25, 0.3) is 37.9 Å². The van der Waals surface area contributed by atoms with E-state index in [9.17, 15) is 0 Å². The van der Waals surface area contributed by atoms with Gasteiger partial charge < -0.3 is 0 Å². The summed E-state index contributed by atoms with van der Waals surface area (Å²) < 4.78 is 0. The molecule has 0 heterocycles. The maximum atomic E-state index is 4.47. The maximum absolute atomic E-state index is 4.47. The monoisotopic (exact) mass is 390 g/mol. The average Bonchev–Trinajstić information content (AvgIpc) is 2.74. The molecular weight excluding hydrogens is 360 g/mol. The highest BCUT2D eigenvalue weighted by Crippen LogP contribution is 2.45. The van der Waals surface area contributed by atoms with Gasteiger partial charge in [-0.25, -0.2) is 0 Å². The van der Waals surface area contributed by atoms with E-state index in [-0.39, 0.29) is 10.8 Å². The van der Waals surface area contributed by atoms with E-state index in [1.165, 1.54) is 49.0 Å². The molecule has 0 atom stereocenters. The minimum atomic E-state index is 0.0463. The molecule has 1 aliphatic carbocycles. The highest BCUT2D eigenvalue weighted by Gasteiger charge is 2.27. The lowest BCUT2D eigenvalue weighted by Gasteiger charge is -2.29. The van der Waals surface area contributed by atoms with Gasteiger partial charge in [-0.15, -0.1) is 0 Å². The van der Waals surface area contributed by atoms with Crippen molar-refractivity contribution in [2.75, 3.05) is 0 Å². The van der Waals surface area contributed by atoms with Crippen LogP contribution in [0.4, 0.5) is 0 Å². The van der Waals surface area contributed by atoms with Crippen molar-refractivity contribution in [1.29, 1.82) is 0 Å². The van der Waals surface area contributed by atoms with Crippen LogP contribution < -0.4 is 0 Å². The van der Waals surface area contributed by atoms with E-state index in [0.717, 1.165) is 12.0 Å². The average molecular weight is 391 g/mol. The van der Waals surface area contributed by atoms with Crippen molar-refractivity contribution in [2.45, 2.75) is 51.9 Å². The van der Waals surface area contributed by atoms with E-state index in [0.29, 0.717) is 0 Å². The van der Waals surface area contributed by atoms with Crippen LogP contribution in [-0.4, -0.2) is 0 Å². The van der Waals surface area contributed by atoms with Crippen molar-refractivity contribution in [1.82, 2.24) is 0 Å². The summed E-state index contributed by atoms with van der Waals surface area (Å²) in [4.78, 5) is 0. The first kappa shape index (κ1) is 19.1. The van der Waals surface area contributed by atoms with Gasteiger partial charge in [-0.2, -0.15) is 0 Å². The van der Waals surface area contributed by atoms with Crippen LogP contribution in [-0.2, 0) is 10.8 Å². The van der Waals surface area contributed by atoms with Crippen molar-refractivity contribution in [3.8, 4) is 0 Å². The van der Waals surface area contributed by atoms with E-state index in [2.05, 4.69) is 108 Å². The summed E-state index contributed by atoms with van der Waals surface area (Å²) in [5.41, 5.74) is 5.36. The van der Waals surface area contributed by atoms with Gasteiger partial charge in [0.1, 0.15) is 0 Å². The van der Waals surface area contributed by atoms with Crippen LogP contribution in [0.3, 0.4) is 0 Å². The lowest BCUT2D eigenvalue weighted by Crippen LogP contribution is -2.18. The number of benzene rings is 4. The highest BCUT2D eigenvalue weighted by molar-refractivity contribution is 6.25. The molecule has 4 aromatic carbocycles. The topological polar surface area (TPSA) is 0 Å². The second-order valence-corrected chi connectivity index (χ2v) is 10.5. The molecule has 5 rings (SSSR count). The SMILES string of the molecule is C=C1/C=C\C=C/CC(C)(C)c2cc3ccc4cc(C(C)(C)C)cc5ccc(c21)c3c45. The summed E-state index contributed by atoms with van der Waals surface area (Å²) in [6, 6.07) is 16.4. The summed E-state index contributed by atoms with van der Waals surface area (Å²) >= 11 is 0. The molecule has 0 saturated heterocycles. The van der Waals surface area contributed by atoms with Crippen LogP contribution >= 0.6 is 0 Å². The summed E-state index contributed by atoms with van der Waals surface area (Å²) in [6.07, 6.45) is 9.73. The quantitative estimate of drug-likeness (QED) is 0.263. The molecule has 0 saturated carbocycles. The predicted molar refractivity (Wildman–Crippen MR) is 134 cm³/mol. The molecule has 0 amide bonds. The summed E-state index contributed by atoms with van der Waals surface area (Å²) in [7, 11) is 0. The Morgan fingerprint density at radius 3 is 2.13 bits per heavy atom. The number of allylic oxidation sites excluding steroid dienone is 5. The van der Waals surface area contributed by atoms with Gasteiger partial charge in [0, 0.05) is 0 Å². The van der Waals surface area contributed by atoms with E-state index in [1.807, 2.05) is 0 Å². The molecule has 0 aromatic heterocycles. The van der Waals surface area contributed by atoms with E-state index in [4.69, 9.17) is 0 Å². The molecule has 1 aliphatic rings. The molecular formula is C30H30. The molecule has 0 heteroatoms. The third-order valence-corrected chi connectivity index (χ3v) is 6.81. The van der Waals surface area contributed by atoms with Crippen molar-refractivity contribution in [3.05, 3.63) is 90.0 Å². The Kier molecular flexibility index (Phi) is 4.03. The van der Waals surface area contributed by atoms with Gasteiger partial charge in [0.05, 0.1) is 0 Å². The van der Waals surface area contributed by atoms with E-state index >= 15 is 0 Å². The molecule has 0 bridgehead atoms. The van der Waals surface area contributed by atoms with Crippen molar-refractivity contribution in [3.63, 3.8) is 0 Å². The third kappa shape index (κ3) is 2.82. The summed E-state index contributed by atoms with van der Waals surface area (Å²) in [5, 5.41) is 8.09. The number of rotatable bonds is 0. The molecule has 0 unspecified atom stereocenters. The first-order valence-corrected chi connectivity index (χ1v) is 11.0. The van der Waals surface area contributed by atoms with Crippen LogP contribution in [0.2, 0.25) is 0 Å². The molecule has 4 aromatic rings. The lowest BCUT2D eigenvalue weighted by atomic mass is 9.74. The smallest absolute Gasteiger partial charge is 0.00204 e. The Balaban J connectivity index is 1.95. The Bertz CT molecular complexity index is 1350. The first-order chi connectivity index (χ1) is 14.2. The molecule has 0 N–H and O–H groups in total. The first-order valence-electron chi connectivity index (χ1n) is 11.0. The van der Waals surface area contributed by atoms with Crippen molar-refractivity contribution >= 4 is 37.9 Å². The molecule has 0 nitrogen and oxygen atoms in total. The highest BCUT2D eigenvalue weighted by atomic mass is 14.3.